The molecule has 4 heteroatoms. The number of fused-ring (bicyclic) bond motifs is 2. The first kappa shape index (κ1) is 12.5. The predicted octanol–water partition coefficient (Wildman–Crippen LogP) is 5.40. The number of nitrogens with one attached hydrogen (secondary N) is 2. The van der Waals surface area contributed by atoms with E-state index in [2.05, 4.69) is 84.6 Å². The Balaban J connectivity index is 1.71. The van der Waals surface area contributed by atoms with Crippen molar-refractivity contribution in [1.82, 2.24) is 4.98 Å². The highest BCUT2D eigenvalue weighted by Gasteiger charge is 2.23. The van der Waals surface area contributed by atoms with Crippen LogP contribution in [0.5, 0.6) is 0 Å². The molecule has 1 aliphatic heterocycles. The Kier molecular flexibility index (Phi) is 2.89. The molecule has 2 N–H and O–H groups in total. The smallest absolute Gasteiger partial charge is 0.0704 e. The number of anilines is 1. The third kappa shape index (κ3) is 2.07. The second-order valence-electron chi connectivity index (χ2n) is 5.16. The molecule has 3 aromatic rings. The van der Waals surface area contributed by atoms with Crippen molar-refractivity contribution < 1.29 is 0 Å². The summed E-state index contributed by atoms with van der Waals surface area (Å²) in [7, 11) is 0. The van der Waals surface area contributed by atoms with Gasteiger partial charge in [-0.3, -0.25) is 0 Å². The lowest BCUT2D eigenvalue weighted by Gasteiger charge is -2.08. The fourth-order valence-electron chi connectivity index (χ4n) is 2.83. The van der Waals surface area contributed by atoms with Crippen LogP contribution in [-0.2, 0) is 6.42 Å². The lowest BCUT2D eigenvalue weighted by molar-refractivity contribution is 0.799. The van der Waals surface area contributed by atoms with Gasteiger partial charge in [0, 0.05) is 37.7 Å². The van der Waals surface area contributed by atoms with Crippen LogP contribution in [0.15, 0.2) is 51.4 Å². The molecule has 0 radical (unpaired) electrons. The number of aromatic nitrogens is 1. The SMILES string of the molecule is Brc1ccc2c(c1)C[C@H](c1cc3cc(Br)ccc3[nH]1)N2. The lowest BCUT2D eigenvalue weighted by Crippen LogP contribution is -2.05. The maximum Gasteiger partial charge on any atom is 0.0704 e. The summed E-state index contributed by atoms with van der Waals surface area (Å²) in [6, 6.07) is 15.3. The maximum absolute atomic E-state index is 3.59. The summed E-state index contributed by atoms with van der Waals surface area (Å²) in [5.74, 6) is 0. The van der Waals surface area contributed by atoms with E-state index in [0.717, 1.165) is 15.4 Å². The predicted molar refractivity (Wildman–Crippen MR) is 90.2 cm³/mol. The normalized spacial score (nSPS) is 17.2. The summed E-state index contributed by atoms with van der Waals surface area (Å²) in [5.41, 5.74) is 5.02. The molecule has 1 atom stereocenters. The van der Waals surface area contributed by atoms with E-state index in [4.69, 9.17) is 0 Å². The van der Waals surface area contributed by atoms with Gasteiger partial charge in [0.2, 0.25) is 0 Å². The average molecular weight is 392 g/mol. The summed E-state index contributed by atoms with van der Waals surface area (Å²) < 4.78 is 2.25. The van der Waals surface area contributed by atoms with Crippen LogP contribution in [-0.4, -0.2) is 4.98 Å². The molecule has 0 spiro atoms. The van der Waals surface area contributed by atoms with Crippen molar-refractivity contribution in [2.75, 3.05) is 5.32 Å². The largest absolute Gasteiger partial charge is 0.376 e. The van der Waals surface area contributed by atoms with E-state index in [-0.39, 0.29) is 0 Å². The number of hydrogen-bond acceptors (Lipinski definition) is 1. The number of benzene rings is 2. The van der Waals surface area contributed by atoms with Crippen molar-refractivity contribution in [3.8, 4) is 0 Å². The van der Waals surface area contributed by atoms with Gasteiger partial charge in [0.05, 0.1) is 6.04 Å². The molecule has 1 aliphatic rings. The minimum absolute atomic E-state index is 0.325. The Hall–Kier alpha value is -1.26. The highest BCUT2D eigenvalue weighted by molar-refractivity contribution is 9.10. The first-order valence-corrected chi connectivity index (χ1v) is 8.11. The molecule has 4 rings (SSSR count). The van der Waals surface area contributed by atoms with E-state index in [1.165, 1.54) is 27.8 Å². The first-order valence-electron chi connectivity index (χ1n) is 6.52. The van der Waals surface area contributed by atoms with Crippen LogP contribution < -0.4 is 5.32 Å². The molecular weight excluding hydrogens is 380 g/mol. The zero-order valence-corrected chi connectivity index (χ0v) is 13.8. The van der Waals surface area contributed by atoms with Crippen molar-refractivity contribution in [2.45, 2.75) is 12.5 Å². The van der Waals surface area contributed by atoms with Crippen LogP contribution in [0.25, 0.3) is 10.9 Å². The highest BCUT2D eigenvalue weighted by atomic mass is 79.9. The number of H-pyrrole nitrogens is 1. The van der Waals surface area contributed by atoms with Crippen LogP contribution in [0, 0.1) is 0 Å². The van der Waals surface area contributed by atoms with Crippen LogP contribution in [0.3, 0.4) is 0 Å². The summed E-state index contributed by atoms with van der Waals surface area (Å²) in [6.45, 7) is 0. The Bertz CT molecular complexity index is 807. The van der Waals surface area contributed by atoms with Crippen LogP contribution in [0.1, 0.15) is 17.3 Å². The van der Waals surface area contributed by atoms with Crippen molar-refractivity contribution in [2.24, 2.45) is 0 Å². The summed E-state index contributed by atoms with van der Waals surface area (Å²) in [4.78, 5) is 3.52. The van der Waals surface area contributed by atoms with Gasteiger partial charge in [0.25, 0.3) is 0 Å². The van der Waals surface area contributed by atoms with Gasteiger partial charge in [-0.2, -0.15) is 0 Å². The summed E-state index contributed by atoms with van der Waals surface area (Å²) in [6.07, 6.45) is 1.02. The van der Waals surface area contributed by atoms with Gasteiger partial charge in [-0.25, -0.2) is 0 Å². The van der Waals surface area contributed by atoms with Gasteiger partial charge in [0.15, 0.2) is 0 Å². The van der Waals surface area contributed by atoms with E-state index in [1.807, 2.05) is 0 Å². The van der Waals surface area contributed by atoms with Gasteiger partial charge < -0.3 is 10.3 Å². The zero-order valence-electron chi connectivity index (χ0n) is 10.6. The number of hydrogen-bond donors (Lipinski definition) is 2. The molecule has 0 saturated carbocycles. The molecular formula is C16H12Br2N2. The molecule has 0 saturated heterocycles. The average Bonchev–Trinajstić information content (AvgIpc) is 3.00. The van der Waals surface area contributed by atoms with Crippen molar-refractivity contribution >= 4 is 48.5 Å². The number of rotatable bonds is 1. The Morgan fingerprint density at radius 3 is 2.65 bits per heavy atom. The molecule has 100 valence electrons. The van der Waals surface area contributed by atoms with E-state index >= 15 is 0 Å². The van der Waals surface area contributed by atoms with Crippen molar-refractivity contribution in [1.29, 1.82) is 0 Å². The molecule has 2 aromatic carbocycles. The molecule has 20 heavy (non-hydrogen) atoms. The molecule has 0 bridgehead atoms. The molecule has 0 fully saturated rings. The van der Waals surface area contributed by atoms with E-state index in [1.54, 1.807) is 0 Å². The Morgan fingerprint density at radius 2 is 1.75 bits per heavy atom. The topological polar surface area (TPSA) is 27.8 Å². The van der Waals surface area contributed by atoms with Gasteiger partial charge >= 0.3 is 0 Å². The molecule has 2 heterocycles. The monoisotopic (exact) mass is 390 g/mol. The van der Waals surface area contributed by atoms with Gasteiger partial charge in [0.1, 0.15) is 0 Å². The minimum Gasteiger partial charge on any atom is -0.376 e. The first-order chi connectivity index (χ1) is 9.69. The minimum atomic E-state index is 0.325. The van der Waals surface area contributed by atoms with Crippen molar-refractivity contribution in [3.63, 3.8) is 0 Å². The third-order valence-electron chi connectivity index (χ3n) is 3.80. The molecule has 0 unspecified atom stereocenters. The van der Waals surface area contributed by atoms with Gasteiger partial charge in [-0.1, -0.05) is 31.9 Å². The third-order valence-corrected chi connectivity index (χ3v) is 4.79. The highest BCUT2D eigenvalue weighted by Crippen LogP contribution is 2.36. The van der Waals surface area contributed by atoms with E-state index < -0.39 is 0 Å². The van der Waals surface area contributed by atoms with E-state index in [0.29, 0.717) is 6.04 Å². The molecule has 1 aromatic heterocycles. The fraction of sp³-hybridized carbons (Fsp3) is 0.125. The number of halogens is 2. The van der Waals surface area contributed by atoms with E-state index in [9.17, 15) is 0 Å². The zero-order chi connectivity index (χ0) is 13.7. The molecule has 0 aliphatic carbocycles. The van der Waals surface area contributed by atoms with Gasteiger partial charge in [-0.15, -0.1) is 0 Å². The summed E-state index contributed by atoms with van der Waals surface area (Å²) >= 11 is 7.06. The quantitative estimate of drug-likeness (QED) is 0.570. The van der Waals surface area contributed by atoms with Crippen LogP contribution in [0.4, 0.5) is 5.69 Å². The second kappa shape index (κ2) is 4.64. The van der Waals surface area contributed by atoms with Crippen LogP contribution >= 0.6 is 31.9 Å². The molecule has 2 nitrogen and oxygen atoms in total. The molecule has 0 amide bonds. The van der Waals surface area contributed by atoms with Crippen molar-refractivity contribution in [3.05, 3.63) is 62.7 Å². The standard InChI is InChI=1S/C16H12Br2N2/c17-11-1-3-13-9(5-11)7-15(19-13)16-8-10-6-12(18)2-4-14(10)20-16/h1-7,16,19-20H,8H2/t16-/m1/s1. The van der Waals surface area contributed by atoms with Gasteiger partial charge in [-0.05, 0) is 48.0 Å². The maximum atomic E-state index is 3.59. The summed E-state index contributed by atoms with van der Waals surface area (Å²) in [5, 5.41) is 4.83. The second-order valence-corrected chi connectivity index (χ2v) is 6.99. The lowest BCUT2D eigenvalue weighted by atomic mass is 10.1. The fourth-order valence-corrected chi connectivity index (χ4v) is 3.62. The van der Waals surface area contributed by atoms with Crippen LogP contribution in [0.2, 0.25) is 0 Å². The number of aromatic amines is 1. The Labute approximate surface area is 133 Å². The Morgan fingerprint density at radius 1 is 0.950 bits per heavy atom.